The van der Waals surface area contributed by atoms with Crippen LogP contribution in [0.5, 0.6) is 5.75 Å². The van der Waals surface area contributed by atoms with Crippen molar-refractivity contribution < 1.29 is 18.5 Å². The lowest BCUT2D eigenvalue weighted by Crippen LogP contribution is -2.25. The Balaban J connectivity index is 2.74. The van der Waals surface area contributed by atoms with Crippen molar-refractivity contribution in [3.05, 3.63) is 28.2 Å². The van der Waals surface area contributed by atoms with Gasteiger partial charge >= 0.3 is 5.97 Å². The van der Waals surface area contributed by atoms with Crippen molar-refractivity contribution >= 4 is 16.8 Å². The zero-order valence-electron chi connectivity index (χ0n) is 11.8. The van der Waals surface area contributed by atoms with Crippen LogP contribution < -0.4 is 10.2 Å². The second-order valence-electron chi connectivity index (χ2n) is 4.23. The first-order valence-electron chi connectivity index (χ1n) is 6.29. The highest BCUT2D eigenvalue weighted by Gasteiger charge is 2.21. The van der Waals surface area contributed by atoms with Crippen molar-refractivity contribution in [3.63, 3.8) is 0 Å². The molecule has 0 radical (unpaired) electrons. The molecular formula is C13H19NO5S. The number of esters is 1. The smallest absolute Gasteiger partial charge is 0.321 e. The van der Waals surface area contributed by atoms with E-state index in [-0.39, 0.29) is 16.9 Å². The van der Waals surface area contributed by atoms with E-state index in [1.165, 1.54) is 26.3 Å². The number of hydrogen-bond acceptors (Lipinski definition) is 5. The maximum Gasteiger partial charge on any atom is 0.321 e. The zero-order valence-corrected chi connectivity index (χ0v) is 12.6. The molecule has 1 aromatic heterocycles. The van der Waals surface area contributed by atoms with Crippen LogP contribution in [0.4, 0.5) is 0 Å². The summed E-state index contributed by atoms with van der Waals surface area (Å²) in [6, 6.07) is 1.34. The number of rotatable bonds is 7. The molecular weight excluding hydrogens is 282 g/mol. The fourth-order valence-corrected chi connectivity index (χ4v) is 2.49. The maximum absolute atomic E-state index is 11.9. The summed E-state index contributed by atoms with van der Waals surface area (Å²) in [4.78, 5) is 25.9. The molecule has 0 saturated carbocycles. The predicted molar refractivity (Wildman–Crippen MR) is 76.2 cm³/mol. The molecule has 0 bridgehead atoms. The molecule has 1 rings (SSSR count). The second-order valence-corrected chi connectivity index (χ2v) is 5.98. The minimum atomic E-state index is -1.45. The van der Waals surface area contributed by atoms with Crippen LogP contribution in [-0.2, 0) is 26.1 Å². The monoisotopic (exact) mass is 301 g/mol. The fourth-order valence-electron chi connectivity index (χ4n) is 1.46. The molecule has 2 unspecified atom stereocenters. The Bertz CT molecular complexity index is 540. The Kier molecular flexibility index (Phi) is 6.44. The zero-order chi connectivity index (χ0) is 15.1. The third kappa shape index (κ3) is 4.48. The van der Waals surface area contributed by atoms with E-state index in [1.54, 1.807) is 0 Å². The Labute approximate surface area is 119 Å². The first kappa shape index (κ1) is 16.4. The van der Waals surface area contributed by atoms with Gasteiger partial charge < -0.3 is 14.5 Å². The van der Waals surface area contributed by atoms with Gasteiger partial charge in [-0.15, -0.1) is 0 Å². The van der Waals surface area contributed by atoms with Gasteiger partial charge in [-0.1, -0.05) is 6.92 Å². The normalized spacial score (nSPS) is 13.6. The molecule has 0 spiro atoms. The number of carbonyl (C=O) groups is 1. The first-order valence-corrected chi connectivity index (χ1v) is 7.67. The first-order chi connectivity index (χ1) is 9.49. The number of carbonyl (C=O) groups excluding carboxylic acids is 1. The van der Waals surface area contributed by atoms with Crippen LogP contribution in [0.3, 0.4) is 0 Å². The molecule has 1 aromatic rings. The molecule has 6 nitrogen and oxygen atoms in total. The number of methoxy groups -OCH3 is 1. The lowest BCUT2D eigenvalue weighted by molar-refractivity contribution is -0.139. The number of ether oxygens (including phenoxy) is 2. The summed E-state index contributed by atoms with van der Waals surface area (Å²) in [5.41, 5.74) is 0.225. The molecule has 0 aliphatic carbocycles. The van der Waals surface area contributed by atoms with Crippen LogP contribution in [0, 0.1) is 0 Å². The number of pyridine rings is 1. The third-order valence-corrected chi connectivity index (χ3v) is 4.20. The minimum Gasteiger partial charge on any atom is -0.488 e. The third-order valence-electron chi connectivity index (χ3n) is 2.62. The summed E-state index contributed by atoms with van der Waals surface area (Å²) in [5, 5.41) is -0.737. The molecule has 0 amide bonds. The van der Waals surface area contributed by atoms with Crippen LogP contribution >= 0.6 is 0 Å². The van der Waals surface area contributed by atoms with Crippen molar-refractivity contribution in [1.82, 2.24) is 4.98 Å². The van der Waals surface area contributed by atoms with Gasteiger partial charge in [0.1, 0.15) is 5.25 Å². The fraction of sp³-hybridized carbons (Fsp3) is 0.538. The Morgan fingerprint density at radius 1 is 1.50 bits per heavy atom. The summed E-state index contributed by atoms with van der Waals surface area (Å²) in [7, 11) is -0.204. The summed E-state index contributed by atoms with van der Waals surface area (Å²) in [5.74, 6) is -0.212. The Hall–Kier alpha value is -1.63. The van der Waals surface area contributed by atoms with Crippen LogP contribution in [0.2, 0.25) is 0 Å². The van der Waals surface area contributed by atoms with Crippen LogP contribution in [0.1, 0.15) is 26.0 Å². The standard InChI is InChI=1S/C13H19NO5S/c1-4-5-19-12-7-14-10(6-11(12)15)8-20(17)9(2)13(16)18-3/h6-7,9H,4-5,8H2,1-3H3,(H,14,15). The van der Waals surface area contributed by atoms with Gasteiger partial charge in [0.25, 0.3) is 0 Å². The Morgan fingerprint density at radius 2 is 2.20 bits per heavy atom. The molecule has 0 aliphatic heterocycles. The van der Waals surface area contributed by atoms with Gasteiger partial charge in [-0.05, 0) is 13.3 Å². The van der Waals surface area contributed by atoms with E-state index in [2.05, 4.69) is 9.72 Å². The molecule has 2 atom stereocenters. The highest BCUT2D eigenvalue weighted by Crippen LogP contribution is 2.08. The topological polar surface area (TPSA) is 85.5 Å². The molecule has 0 aromatic carbocycles. The molecule has 7 heteroatoms. The highest BCUT2D eigenvalue weighted by molar-refractivity contribution is 7.85. The number of nitrogens with one attached hydrogen (secondary N) is 1. The lowest BCUT2D eigenvalue weighted by atomic mass is 10.3. The maximum atomic E-state index is 11.9. The van der Waals surface area contributed by atoms with E-state index in [0.717, 1.165) is 6.42 Å². The van der Waals surface area contributed by atoms with Crippen molar-refractivity contribution in [1.29, 1.82) is 0 Å². The summed E-state index contributed by atoms with van der Waals surface area (Å²) in [6.45, 7) is 3.94. The molecule has 0 aliphatic rings. The lowest BCUT2D eigenvalue weighted by Gasteiger charge is -2.09. The summed E-state index contributed by atoms with van der Waals surface area (Å²) < 4.78 is 21.7. The van der Waals surface area contributed by atoms with E-state index in [9.17, 15) is 13.8 Å². The van der Waals surface area contributed by atoms with Crippen LogP contribution in [-0.4, -0.2) is 34.1 Å². The van der Waals surface area contributed by atoms with Gasteiger partial charge in [-0.2, -0.15) is 0 Å². The average Bonchev–Trinajstić information content (AvgIpc) is 2.44. The molecule has 112 valence electrons. The van der Waals surface area contributed by atoms with Gasteiger partial charge in [-0.3, -0.25) is 13.8 Å². The Morgan fingerprint density at radius 3 is 2.75 bits per heavy atom. The van der Waals surface area contributed by atoms with Crippen molar-refractivity contribution in [2.45, 2.75) is 31.3 Å². The van der Waals surface area contributed by atoms with E-state index >= 15 is 0 Å². The second kappa shape index (κ2) is 7.84. The predicted octanol–water partition coefficient (Wildman–Crippen LogP) is 0.974. The molecule has 0 saturated heterocycles. The van der Waals surface area contributed by atoms with Gasteiger partial charge in [0.05, 0.1) is 19.5 Å². The van der Waals surface area contributed by atoms with E-state index in [4.69, 9.17) is 4.74 Å². The van der Waals surface area contributed by atoms with Gasteiger partial charge in [0, 0.05) is 28.8 Å². The minimum absolute atomic E-state index is 0.0829. The van der Waals surface area contributed by atoms with Gasteiger partial charge in [0.15, 0.2) is 5.75 Å². The quantitative estimate of drug-likeness (QED) is 0.759. The highest BCUT2D eigenvalue weighted by atomic mass is 32.2. The van der Waals surface area contributed by atoms with Crippen LogP contribution in [0.15, 0.2) is 17.1 Å². The van der Waals surface area contributed by atoms with Crippen molar-refractivity contribution in [2.24, 2.45) is 0 Å². The van der Waals surface area contributed by atoms with E-state index < -0.39 is 22.0 Å². The van der Waals surface area contributed by atoms with Crippen molar-refractivity contribution in [3.8, 4) is 5.75 Å². The molecule has 1 N–H and O–H groups in total. The molecule has 20 heavy (non-hydrogen) atoms. The molecule has 0 fully saturated rings. The van der Waals surface area contributed by atoms with E-state index in [0.29, 0.717) is 12.3 Å². The average molecular weight is 301 g/mol. The number of hydrogen-bond donors (Lipinski definition) is 1. The summed E-state index contributed by atoms with van der Waals surface area (Å²) >= 11 is 0. The van der Waals surface area contributed by atoms with E-state index in [1.807, 2.05) is 6.92 Å². The number of aromatic amines is 1. The largest absolute Gasteiger partial charge is 0.488 e. The van der Waals surface area contributed by atoms with Crippen molar-refractivity contribution in [2.75, 3.05) is 13.7 Å². The SMILES string of the molecule is CCCOc1c[nH]c(CS(=O)C(C)C(=O)OC)cc1=O. The number of H-pyrrole nitrogens is 1. The van der Waals surface area contributed by atoms with Gasteiger partial charge in [0.2, 0.25) is 5.43 Å². The number of aromatic nitrogens is 1. The molecule has 1 heterocycles. The van der Waals surface area contributed by atoms with Gasteiger partial charge in [-0.25, -0.2) is 0 Å². The summed E-state index contributed by atoms with van der Waals surface area (Å²) in [6.07, 6.45) is 2.26. The van der Waals surface area contributed by atoms with Crippen LogP contribution in [0.25, 0.3) is 0 Å².